The monoisotopic (exact) mass is 439 g/mol. The van der Waals surface area contributed by atoms with Gasteiger partial charge in [0.15, 0.2) is 5.13 Å². The van der Waals surface area contributed by atoms with E-state index in [1.54, 1.807) is 29.2 Å². The number of aromatic nitrogens is 1. The fourth-order valence-corrected chi connectivity index (χ4v) is 4.63. The number of fused-ring (bicyclic) bond motifs is 1. The number of benzene rings is 2. The molecule has 1 fully saturated rings. The number of ether oxygens (including phenoxy) is 2. The molecular formula is C23H25N3O4S. The van der Waals surface area contributed by atoms with Crippen molar-refractivity contribution in [3.8, 4) is 0 Å². The summed E-state index contributed by atoms with van der Waals surface area (Å²) in [4.78, 5) is 34.0. The van der Waals surface area contributed by atoms with Gasteiger partial charge in [-0.1, -0.05) is 23.5 Å². The molecule has 2 heterocycles. The number of hydrogen-bond donors (Lipinski definition) is 0. The Kier molecular flexibility index (Phi) is 6.60. The van der Waals surface area contributed by atoms with Gasteiger partial charge in [-0.15, -0.1) is 0 Å². The van der Waals surface area contributed by atoms with Gasteiger partial charge in [0.1, 0.15) is 0 Å². The van der Waals surface area contributed by atoms with Crippen molar-refractivity contribution in [3.63, 3.8) is 0 Å². The van der Waals surface area contributed by atoms with Gasteiger partial charge in [0, 0.05) is 31.7 Å². The van der Waals surface area contributed by atoms with E-state index in [4.69, 9.17) is 14.5 Å². The van der Waals surface area contributed by atoms with E-state index in [1.807, 2.05) is 25.1 Å². The molecule has 0 aliphatic carbocycles. The summed E-state index contributed by atoms with van der Waals surface area (Å²) < 4.78 is 11.2. The minimum absolute atomic E-state index is 0.138. The summed E-state index contributed by atoms with van der Waals surface area (Å²) >= 11 is 1.52. The molecule has 162 valence electrons. The van der Waals surface area contributed by atoms with E-state index in [1.165, 1.54) is 18.4 Å². The second-order valence-corrected chi connectivity index (χ2v) is 8.41. The number of carbonyl (C=O) groups is 2. The first-order valence-electron chi connectivity index (χ1n) is 10.2. The van der Waals surface area contributed by atoms with Gasteiger partial charge in [-0.2, -0.15) is 0 Å². The summed E-state index contributed by atoms with van der Waals surface area (Å²) in [6, 6.07) is 12.6. The van der Waals surface area contributed by atoms with Gasteiger partial charge in [0.05, 0.1) is 36.1 Å². The van der Waals surface area contributed by atoms with Crippen LogP contribution in [0.2, 0.25) is 0 Å². The lowest BCUT2D eigenvalue weighted by molar-refractivity contribution is 0.0391. The first-order valence-corrected chi connectivity index (χ1v) is 11.0. The van der Waals surface area contributed by atoms with Gasteiger partial charge in [0.2, 0.25) is 0 Å². The Morgan fingerprint density at radius 3 is 2.52 bits per heavy atom. The number of morpholine rings is 1. The topological polar surface area (TPSA) is 72.0 Å². The van der Waals surface area contributed by atoms with Gasteiger partial charge >= 0.3 is 5.97 Å². The number of nitrogens with zero attached hydrogens (tertiary/aromatic N) is 3. The molecule has 0 spiro atoms. The van der Waals surface area contributed by atoms with Crippen LogP contribution < -0.4 is 4.90 Å². The summed E-state index contributed by atoms with van der Waals surface area (Å²) in [6.07, 6.45) is 0. The van der Waals surface area contributed by atoms with Crippen LogP contribution in [0.3, 0.4) is 0 Å². The number of carbonyl (C=O) groups excluding carboxylic acids is 2. The van der Waals surface area contributed by atoms with Crippen molar-refractivity contribution in [2.75, 3.05) is 51.4 Å². The van der Waals surface area contributed by atoms with Crippen molar-refractivity contribution in [2.24, 2.45) is 0 Å². The molecule has 0 N–H and O–H groups in total. The molecule has 31 heavy (non-hydrogen) atoms. The molecule has 8 heteroatoms. The third-order valence-electron chi connectivity index (χ3n) is 5.38. The molecule has 0 saturated carbocycles. The van der Waals surface area contributed by atoms with Crippen LogP contribution in [0.5, 0.6) is 0 Å². The fraction of sp³-hybridized carbons (Fsp3) is 0.348. The van der Waals surface area contributed by atoms with E-state index < -0.39 is 5.97 Å². The molecule has 0 unspecified atom stereocenters. The number of hydrogen-bond acceptors (Lipinski definition) is 7. The lowest BCUT2D eigenvalue weighted by Crippen LogP contribution is -2.43. The summed E-state index contributed by atoms with van der Waals surface area (Å²) in [5.41, 5.74) is 2.93. The Morgan fingerprint density at radius 2 is 1.84 bits per heavy atom. The number of anilines is 1. The predicted octanol–water partition coefficient (Wildman–Crippen LogP) is 3.37. The fourth-order valence-electron chi connectivity index (χ4n) is 3.56. The lowest BCUT2D eigenvalue weighted by atomic mass is 10.1. The largest absolute Gasteiger partial charge is 0.465 e. The summed E-state index contributed by atoms with van der Waals surface area (Å²) in [5, 5.41) is 0.680. The van der Waals surface area contributed by atoms with E-state index in [0.29, 0.717) is 36.0 Å². The zero-order chi connectivity index (χ0) is 21.8. The first kappa shape index (κ1) is 21.4. The molecule has 4 rings (SSSR count). The second kappa shape index (κ2) is 9.55. The number of rotatable bonds is 6. The van der Waals surface area contributed by atoms with E-state index in [2.05, 4.69) is 4.90 Å². The summed E-state index contributed by atoms with van der Waals surface area (Å²) in [7, 11) is 1.34. The zero-order valence-electron chi connectivity index (χ0n) is 17.7. The van der Waals surface area contributed by atoms with Crippen molar-refractivity contribution in [1.29, 1.82) is 0 Å². The van der Waals surface area contributed by atoms with Crippen LogP contribution in [-0.2, 0) is 9.47 Å². The van der Waals surface area contributed by atoms with Gasteiger partial charge < -0.3 is 9.47 Å². The highest BCUT2D eigenvalue weighted by molar-refractivity contribution is 7.22. The van der Waals surface area contributed by atoms with E-state index in [9.17, 15) is 9.59 Å². The minimum Gasteiger partial charge on any atom is -0.465 e. The van der Waals surface area contributed by atoms with Crippen molar-refractivity contribution >= 4 is 38.6 Å². The van der Waals surface area contributed by atoms with Gasteiger partial charge in [-0.3, -0.25) is 14.6 Å². The molecule has 1 aliphatic rings. The van der Waals surface area contributed by atoms with E-state index >= 15 is 0 Å². The van der Waals surface area contributed by atoms with Gasteiger partial charge in [0.25, 0.3) is 5.91 Å². The number of amides is 1. The van der Waals surface area contributed by atoms with Gasteiger partial charge in [-0.25, -0.2) is 9.78 Å². The maximum absolute atomic E-state index is 13.5. The molecule has 1 aromatic heterocycles. The average molecular weight is 440 g/mol. The van der Waals surface area contributed by atoms with E-state index in [0.717, 1.165) is 35.4 Å². The van der Waals surface area contributed by atoms with Crippen LogP contribution in [0, 0.1) is 6.92 Å². The predicted molar refractivity (Wildman–Crippen MR) is 121 cm³/mol. The Balaban J connectivity index is 1.62. The first-order chi connectivity index (χ1) is 15.1. The number of aryl methyl sites for hydroxylation is 1. The highest BCUT2D eigenvalue weighted by atomic mass is 32.1. The second-order valence-electron chi connectivity index (χ2n) is 7.40. The minimum atomic E-state index is -0.426. The molecule has 1 aliphatic heterocycles. The quantitative estimate of drug-likeness (QED) is 0.549. The van der Waals surface area contributed by atoms with Crippen LogP contribution in [0.4, 0.5) is 5.13 Å². The molecule has 0 atom stereocenters. The van der Waals surface area contributed by atoms with Crippen molar-refractivity contribution in [1.82, 2.24) is 9.88 Å². The average Bonchev–Trinajstić information content (AvgIpc) is 3.25. The highest BCUT2D eigenvalue weighted by Crippen LogP contribution is 2.31. The van der Waals surface area contributed by atoms with Crippen LogP contribution in [0.15, 0.2) is 42.5 Å². The normalized spacial score (nSPS) is 14.5. The standard InChI is InChI=1S/C23H25N3O4S/c1-16-4-3-5-19-20(16)24-23(31-19)26(11-10-25-12-14-30-15-13-25)21(27)17-6-8-18(9-7-17)22(28)29-2/h3-9H,10-15H2,1-2H3. The summed E-state index contributed by atoms with van der Waals surface area (Å²) in [6.45, 7) is 6.42. The molecule has 1 saturated heterocycles. The number of methoxy groups -OCH3 is 1. The smallest absolute Gasteiger partial charge is 0.337 e. The van der Waals surface area contributed by atoms with Crippen LogP contribution >= 0.6 is 11.3 Å². The molecule has 7 nitrogen and oxygen atoms in total. The molecule has 0 bridgehead atoms. The van der Waals surface area contributed by atoms with Crippen LogP contribution in [-0.4, -0.2) is 68.3 Å². The third-order valence-corrected chi connectivity index (χ3v) is 6.43. The Bertz CT molecular complexity index is 1070. The van der Waals surface area contributed by atoms with Crippen LogP contribution in [0.1, 0.15) is 26.3 Å². The Morgan fingerprint density at radius 1 is 1.13 bits per heavy atom. The maximum atomic E-state index is 13.5. The number of esters is 1. The lowest BCUT2D eigenvalue weighted by Gasteiger charge is -2.29. The van der Waals surface area contributed by atoms with Crippen molar-refractivity contribution in [3.05, 3.63) is 59.2 Å². The Labute approximate surface area is 185 Å². The van der Waals surface area contributed by atoms with Crippen molar-refractivity contribution < 1.29 is 19.1 Å². The SMILES string of the molecule is COC(=O)c1ccc(C(=O)N(CCN2CCOCC2)c2nc3c(C)cccc3s2)cc1. The third kappa shape index (κ3) is 4.76. The molecule has 0 radical (unpaired) electrons. The molecule has 3 aromatic rings. The summed E-state index contributed by atoms with van der Waals surface area (Å²) in [5.74, 6) is -0.564. The number of thiazole rings is 1. The molecule has 1 amide bonds. The maximum Gasteiger partial charge on any atom is 0.337 e. The van der Waals surface area contributed by atoms with Crippen molar-refractivity contribution in [2.45, 2.75) is 6.92 Å². The Hall–Kier alpha value is -2.81. The zero-order valence-corrected chi connectivity index (χ0v) is 18.5. The molecule has 2 aromatic carbocycles. The van der Waals surface area contributed by atoms with E-state index in [-0.39, 0.29) is 5.91 Å². The number of para-hydroxylation sites is 1. The molecular weight excluding hydrogens is 414 g/mol. The van der Waals surface area contributed by atoms with Gasteiger partial charge in [-0.05, 0) is 42.8 Å². The van der Waals surface area contributed by atoms with Crippen LogP contribution in [0.25, 0.3) is 10.2 Å². The highest BCUT2D eigenvalue weighted by Gasteiger charge is 2.23.